The highest BCUT2D eigenvalue weighted by molar-refractivity contribution is 8.26. The fourth-order valence-electron chi connectivity index (χ4n) is 5.15. The van der Waals surface area contributed by atoms with Gasteiger partial charge in [-0.25, -0.2) is 0 Å². The van der Waals surface area contributed by atoms with E-state index in [1.807, 2.05) is 21.7 Å². The van der Waals surface area contributed by atoms with Crippen molar-refractivity contribution in [1.82, 2.24) is 14.4 Å². The summed E-state index contributed by atoms with van der Waals surface area (Å²) < 4.78 is 2.66. The SMILES string of the molecule is O=C1/C(=C/N2CC3C[C@H](C2)c2cccc(=O)n2C3)SC(=S)N1C1CCCC1. The van der Waals surface area contributed by atoms with Gasteiger partial charge in [-0.05, 0) is 31.2 Å². The van der Waals surface area contributed by atoms with Gasteiger partial charge in [0.2, 0.25) is 0 Å². The lowest BCUT2D eigenvalue weighted by Gasteiger charge is -2.42. The van der Waals surface area contributed by atoms with Crippen molar-refractivity contribution in [2.45, 2.75) is 50.6 Å². The first-order valence-electron chi connectivity index (χ1n) is 9.81. The molecule has 4 aliphatic rings. The number of carbonyl (C=O) groups excluding carboxylic acids is 1. The molecule has 2 saturated heterocycles. The molecule has 0 spiro atoms. The van der Waals surface area contributed by atoms with Crippen LogP contribution in [0.15, 0.2) is 34.1 Å². The molecule has 0 N–H and O–H groups in total. The number of aromatic nitrogens is 1. The third kappa shape index (κ3) is 3.05. The summed E-state index contributed by atoms with van der Waals surface area (Å²) >= 11 is 6.97. The summed E-state index contributed by atoms with van der Waals surface area (Å²) in [4.78, 5) is 30.0. The predicted molar refractivity (Wildman–Crippen MR) is 110 cm³/mol. The Morgan fingerprint density at radius 2 is 1.93 bits per heavy atom. The van der Waals surface area contributed by atoms with Crippen LogP contribution >= 0.6 is 24.0 Å². The third-order valence-corrected chi connectivity index (χ3v) is 7.64. The van der Waals surface area contributed by atoms with Gasteiger partial charge in [0, 0.05) is 49.6 Å². The number of thiocarbonyl (C=S) groups is 1. The lowest BCUT2D eigenvalue weighted by molar-refractivity contribution is -0.123. The first-order valence-corrected chi connectivity index (χ1v) is 11.0. The lowest BCUT2D eigenvalue weighted by atomic mass is 9.83. The van der Waals surface area contributed by atoms with Crippen molar-refractivity contribution >= 4 is 34.2 Å². The smallest absolute Gasteiger partial charge is 0.267 e. The molecule has 2 atom stereocenters. The molecule has 3 aliphatic heterocycles. The maximum absolute atomic E-state index is 12.9. The van der Waals surface area contributed by atoms with Crippen molar-refractivity contribution in [2.75, 3.05) is 13.1 Å². The van der Waals surface area contributed by atoms with Crippen molar-refractivity contribution < 1.29 is 4.79 Å². The highest BCUT2D eigenvalue weighted by atomic mass is 32.2. The molecule has 7 heteroatoms. The Kier molecular flexibility index (Phi) is 4.39. The minimum absolute atomic E-state index is 0.0873. The highest BCUT2D eigenvalue weighted by Crippen LogP contribution is 2.39. The van der Waals surface area contributed by atoms with Crippen LogP contribution in [0.2, 0.25) is 0 Å². The van der Waals surface area contributed by atoms with E-state index in [2.05, 4.69) is 11.0 Å². The predicted octanol–water partition coefficient (Wildman–Crippen LogP) is 2.91. The number of fused-ring (bicyclic) bond motifs is 4. The molecule has 5 rings (SSSR count). The maximum Gasteiger partial charge on any atom is 0.267 e. The number of likely N-dealkylation sites (tertiary alicyclic amines) is 1. The summed E-state index contributed by atoms with van der Waals surface area (Å²) in [6, 6.07) is 5.88. The van der Waals surface area contributed by atoms with Crippen LogP contribution in [-0.2, 0) is 11.3 Å². The van der Waals surface area contributed by atoms with Crippen LogP contribution in [0.5, 0.6) is 0 Å². The molecular weight excluding hydrogens is 378 g/mol. The van der Waals surface area contributed by atoms with E-state index in [1.54, 1.807) is 6.07 Å². The van der Waals surface area contributed by atoms with E-state index in [-0.39, 0.29) is 11.5 Å². The largest absolute Gasteiger partial charge is 0.375 e. The second-order valence-electron chi connectivity index (χ2n) is 8.13. The number of thioether (sulfide) groups is 1. The Bertz CT molecular complexity index is 887. The van der Waals surface area contributed by atoms with E-state index in [1.165, 1.54) is 24.6 Å². The van der Waals surface area contributed by atoms with Gasteiger partial charge >= 0.3 is 0 Å². The van der Waals surface area contributed by atoms with Gasteiger partial charge in [-0.1, -0.05) is 42.9 Å². The average Bonchev–Trinajstić information content (AvgIpc) is 3.24. The molecule has 3 fully saturated rings. The van der Waals surface area contributed by atoms with Crippen molar-refractivity contribution in [3.63, 3.8) is 0 Å². The van der Waals surface area contributed by atoms with Gasteiger partial charge in [-0.15, -0.1) is 0 Å². The second-order valence-corrected chi connectivity index (χ2v) is 9.80. The number of amides is 1. The fourth-order valence-corrected chi connectivity index (χ4v) is 6.56. The minimum Gasteiger partial charge on any atom is -0.375 e. The molecule has 0 aromatic carbocycles. The van der Waals surface area contributed by atoms with E-state index in [0.717, 1.165) is 49.5 Å². The molecule has 5 nitrogen and oxygen atoms in total. The van der Waals surface area contributed by atoms with Crippen LogP contribution in [0.1, 0.15) is 43.7 Å². The monoisotopic (exact) mass is 401 g/mol. The van der Waals surface area contributed by atoms with Crippen molar-refractivity contribution in [3.8, 4) is 0 Å². The average molecular weight is 402 g/mol. The van der Waals surface area contributed by atoms with Crippen LogP contribution in [-0.4, -0.2) is 43.7 Å². The standard InChI is InChI=1S/C20H23N3O2S2/c24-18-7-3-6-16-14-8-13(10-22(16)18)9-21(11-14)12-17-19(25)23(20(26)27-17)15-4-1-2-5-15/h3,6-7,12-15H,1-2,4-5,8-11H2/b17-12-/t13?,14-/m1/s1. The molecule has 1 aromatic heterocycles. The van der Waals surface area contributed by atoms with E-state index < -0.39 is 0 Å². The van der Waals surface area contributed by atoms with Crippen LogP contribution in [0, 0.1) is 5.92 Å². The first kappa shape index (κ1) is 17.5. The van der Waals surface area contributed by atoms with Gasteiger partial charge in [0.1, 0.15) is 4.32 Å². The quantitative estimate of drug-likeness (QED) is 0.563. The summed E-state index contributed by atoms with van der Waals surface area (Å²) in [5.74, 6) is 0.888. The Labute approximate surface area is 168 Å². The zero-order chi connectivity index (χ0) is 18.5. The molecule has 1 unspecified atom stereocenters. The maximum atomic E-state index is 12.9. The number of carbonyl (C=O) groups is 1. The van der Waals surface area contributed by atoms with E-state index in [9.17, 15) is 9.59 Å². The molecule has 1 aliphatic carbocycles. The summed E-state index contributed by atoms with van der Waals surface area (Å²) in [6.45, 7) is 2.52. The molecule has 1 saturated carbocycles. The van der Waals surface area contributed by atoms with Crippen molar-refractivity contribution in [3.05, 3.63) is 45.4 Å². The summed E-state index contributed by atoms with van der Waals surface area (Å²) in [6.07, 6.45) is 7.67. The van der Waals surface area contributed by atoms with Crippen LogP contribution < -0.4 is 5.56 Å². The van der Waals surface area contributed by atoms with Gasteiger partial charge in [0.25, 0.3) is 11.5 Å². The number of rotatable bonds is 2. The zero-order valence-corrected chi connectivity index (χ0v) is 16.8. The summed E-state index contributed by atoms with van der Waals surface area (Å²) in [5, 5.41) is 0. The summed E-state index contributed by atoms with van der Waals surface area (Å²) in [7, 11) is 0. The lowest BCUT2D eigenvalue weighted by Crippen LogP contribution is -2.45. The molecule has 1 amide bonds. The normalized spacial score (nSPS) is 29.7. The van der Waals surface area contributed by atoms with E-state index >= 15 is 0 Å². The molecule has 4 heterocycles. The second kappa shape index (κ2) is 6.78. The fraction of sp³-hybridized carbons (Fsp3) is 0.550. The van der Waals surface area contributed by atoms with E-state index in [0.29, 0.717) is 22.2 Å². The molecule has 142 valence electrons. The summed E-state index contributed by atoms with van der Waals surface area (Å²) in [5.41, 5.74) is 1.24. The van der Waals surface area contributed by atoms with Gasteiger partial charge in [-0.2, -0.15) is 0 Å². The molecular formula is C20H23N3O2S2. The third-order valence-electron chi connectivity index (χ3n) is 6.32. The highest BCUT2D eigenvalue weighted by Gasteiger charge is 2.39. The number of pyridine rings is 1. The first-order chi connectivity index (χ1) is 13.1. The van der Waals surface area contributed by atoms with E-state index in [4.69, 9.17) is 12.2 Å². The van der Waals surface area contributed by atoms with Crippen LogP contribution in [0.25, 0.3) is 0 Å². The Balaban J connectivity index is 1.37. The number of hydrogen-bond donors (Lipinski definition) is 0. The van der Waals surface area contributed by atoms with Crippen LogP contribution in [0.4, 0.5) is 0 Å². The topological polar surface area (TPSA) is 45.6 Å². The minimum atomic E-state index is 0.0873. The molecule has 2 bridgehead atoms. The number of nitrogens with zero attached hydrogens (tertiary/aromatic N) is 3. The molecule has 1 aromatic rings. The van der Waals surface area contributed by atoms with Gasteiger partial charge in [0.05, 0.1) is 4.91 Å². The van der Waals surface area contributed by atoms with Crippen LogP contribution in [0.3, 0.4) is 0 Å². The zero-order valence-electron chi connectivity index (χ0n) is 15.2. The molecule has 27 heavy (non-hydrogen) atoms. The van der Waals surface area contributed by atoms with Crippen molar-refractivity contribution in [2.24, 2.45) is 5.92 Å². The molecule has 0 radical (unpaired) electrons. The Hall–Kier alpha value is -1.60. The Morgan fingerprint density at radius 1 is 1.11 bits per heavy atom. The number of hydrogen-bond acceptors (Lipinski definition) is 5. The van der Waals surface area contributed by atoms with Gasteiger partial charge in [0.15, 0.2) is 0 Å². The Morgan fingerprint density at radius 3 is 2.74 bits per heavy atom. The van der Waals surface area contributed by atoms with Crippen molar-refractivity contribution in [1.29, 1.82) is 0 Å². The number of piperidine rings is 1. The van der Waals surface area contributed by atoms with Gasteiger partial charge in [-0.3, -0.25) is 14.5 Å². The van der Waals surface area contributed by atoms with Gasteiger partial charge < -0.3 is 9.47 Å².